The minimum Gasteiger partial charge on any atom is -0.320 e. The topological polar surface area (TPSA) is 116 Å². The van der Waals surface area contributed by atoms with Crippen LogP contribution >= 0.6 is 0 Å². The Kier molecular flexibility index (Phi) is 11.7. The van der Waals surface area contributed by atoms with Crippen LogP contribution in [0.3, 0.4) is 0 Å². The molecule has 32 heavy (non-hydrogen) atoms. The van der Waals surface area contributed by atoms with Gasteiger partial charge in [-0.1, -0.05) is 70.2 Å². The first kappa shape index (κ1) is 27.3. The van der Waals surface area contributed by atoms with Crippen LogP contribution in [0.15, 0.2) is 36.4 Å². The van der Waals surface area contributed by atoms with Gasteiger partial charge in [0.2, 0.25) is 5.91 Å². The zero-order valence-corrected chi connectivity index (χ0v) is 19.8. The summed E-state index contributed by atoms with van der Waals surface area (Å²) in [5, 5.41) is 11.9. The molecule has 8 heteroatoms. The van der Waals surface area contributed by atoms with E-state index in [0.29, 0.717) is 6.42 Å². The summed E-state index contributed by atoms with van der Waals surface area (Å²) in [6.07, 6.45) is 4.45. The first-order chi connectivity index (χ1) is 15.1. The summed E-state index contributed by atoms with van der Waals surface area (Å²) in [7, 11) is 0. The van der Waals surface area contributed by atoms with Gasteiger partial charge in [-0.15, -0.1) is 0 Å². The van der Waals surface area contributed by atoms with Crippen LogP contribution in [0.2, 0.25) is 0 Å². The van der Waals surface area contributed by atoms with E-state index < -0.39 is 23.9 Å². The molecule has 0 aliphatic carbocycles. The van der Waals surface area contributed by atoms with Crippen LogP contribution in [0.5, 0.6) is 0 Å². The van der Waals surface area contributed by atoms with E-state index in [1.165, 1.54) is 10.0 Å². The fourth-order valence-corrected chi connectivity index (χ4v) is 3.16. The lowest BCUT2D eigenvalue weighted by molar-refractivity contribution is -0.175. The molecule has 0 aliphatic heterocycles. The van der Waals surface area contributed by atoms with Crippen molar-refractivity contribution in [2.45, 2.75) is 66.0 Å². The summed E-state index contributed by atoms with van der Waals surface area (Å²) < 4.78 is 0. The molecule has 2 atom stereocenters. The van der Waals surface area contributed by atoms with Crippen LogP contribution in [-0.4, -0.2) is 51.6 Å². The van der Waals surface area contributed by atoms with Crippen molar-refractivity contribution in [2.75, 3.05) is 6.54 Å². The molecule has 0 saturated carbocycles. The molecule has 178 valence electrons. The van der Waals surface area contributed by atoms with Gasteiger partial charge < -0.3 is 5.73 Å². The lowest BCUT2D eigenvalue weighted by atomic mass is 10.1. The van der Waals surface area contributed by atoms with E-state index in [9.17, 15) is 19.6 Å². The molecule has 0 saturated heterocycles. The third-order valence-electron chi connectivity index (χ3n) is 4.81. The van der Waals surface area contributed by atoms with Gasteiger partial charge in [0.1, 0.15) is 6.04 Å². The van der Waals surface area contributed by atoms with Crippen LogP contribution in [0, 0.1) is 11.8 Å². The van der Waals surface area contributed by atoms with Gasteiger partial charge >= 0.3 is 0 Å². The second-order valence-electron chi connectivity index (χ2n) is 8.81. The second-order valence-corrected chi connectivity index (χ2v) is 8.81. The highest BCUT2D eigenvalue weighted by atomic mass is 16.5. The van der Waals surface area contributed by atoms with Crippen LogP contribution < -0.4 is 11.2 Å². The minimum atomic E-state index is -1.11. The number of benzene rings is 1. The molecule has 1 aromatic rings. The van der Waals surface area contributed by atoms with Crippen molar-refractivity contribution >= 4 is 23.8 Å². The quantitative estimate of drug-likeness (QED) is 0.357. The van der Waals surface area contributed by atoms with Gasteiger partial charge in [-0.3, -0.25) is 19.6 Å². The third-order valence-corrected chi connectivity index (χ3v) is 4.81. The number of hydroxylamine groups is 1. The normalized spacial score (nSPS) is 13.3. The average molecular weight is 447 g/mol. The predicted octanol–water partition coefficient (Wildman–Crippen LogP) is 2.98. The maximum absolute atomic E-state index is 13.3. The molecule has 3 amide bonds. The molecule has 0 heterocycles. The molecule has 0 fully saturated rings. The molecule has 0 radical (unpaired) electrons. The van der Waals surface area contributed by atoms with Crippen molar-refractivity contribution in [1.29, 1.82) is 0 Å². The number of hydrogen-bond acceptors (Lipinski definition) is 5. The smallest absolute Gasteiger partial charge is 0.268 e. The van der Waals surface area contributed by atoms with E-state index in [1.54, 1.807) is 18.5 Å². The SMILES string of the molecule is CC(C)CCC(=O)N([C@@H](CC=Cc1ccccc1)C(=O)NO)N(CC(C)C)C(=O)[C@@H](C)N. The van der Waals surface area contributed by atoms with E-state index in [0.717, 1.165) is 5.56 Å². The van der Waals surface area contributed by atoms with Crippen molar-refractivity contribution in [3.63, 3.8) is 0 Å². The van der Waals surface area contributed by atoms with Crippen molar-refractivity contribution in [2.24, 2.45) is 17.6 Å². The number of hydrazine groups is 1. The standard InChI is InChI=1S/C24H38N4O4/c1-17(2)14-15-22(29)28(27(16-18(3)4)24(31)19(5)25)21(23(30)26-32)13-9-12-20-10-7-6-8-11-20/h6-12,17-19,21,32H,13-16,25H2,1-5H3,(H,26,30)/t19-,21+/m1/s1. The molecule has 0 aliphatic rings. The van der Waals surface area contributed by atoms with Gasteiger partial charge in [-0.2, -0.15) is 0 Å². The van der Waals surface area contributed by atoms with E-state index in [-0.39, 0.29) is 37.1 Å². The average Bonchev–Trinajstić information content (AvgIpc) is 2.75. The monoisotopic (exact) mass is 446 g/mol. The fraction of sp³-hybridized carbons (Fsp3) is 0.542. The Morgan fingerprint density at radius 1 is 1.06 bits per heavy atom. The van der Waals surface area contributed by atoms with Gasteiger partial charge in [-0.25, -0.2) is 15.5 Å². The van der Waals surface area contributed by atoms with E-state index >= 15 is 0 Å². The molecule has 0 unspecified atom stereocenters. The lowest BCUT2D eigenvalue weighted by Crippen LogP contribution is -2.61. The highest BCUT2D eigenvalue weighted by Gasteiger charge is 2.37. The van der Waals surface area contributed by atoms with Gasteiger partial charge in [-0.05, 0) is 37.2 Å². The summed E-state index contributed by atoms with van der Waals surface area (Å²) in [6, 6.07) is 7.54. The molecule has 0 aromatic heterocycles. The van der Waals surface area contributed by atoms with Crippen LogP contribution in [0.4, 0.5) is 0 Å². The summed E-state index contributed by atoms with van der Waals surface area (Å²) >= 11 is 0. The molecule has 0 bridgehead atoms. The number of carbonyl (C=O) groups is 3. The Morgan fingerprint density at radius 3 is 2.19 bits per heavy atom. The lowest BCUT2D eigenvalue weighted by Gasteiger charge is -2.40. The largest absolute Gasteiger partial charge is 0.320 e. The zero-order valence-electron chi connectivity index (χ0n) is 19.8. The number of carbonyl (C=O) groups excluding carboxylic acids is 3. The third kappa shape index (κ3) is 8.80. The Bertz CT molecular complexity index is 763. The summed E-state index contributed by atoms with van der Waals surface area (Å²) in [6.45, 7) is 9.58. The Labute approximate surface area is 191 Å². The maximum atomic E-state index is 13.3. The van der Waals surface area contributed by atoms with E-state index in [2.05, 4.69) is 0 Å². The molecular weight excluding hydrogens is 408 g/mol. The zero-order chi connectivity index (χ0) is 24.3. The summed E-state index contributed by atoms with van der Waals surface area (Å²) in [4.78, 5) is 38.9. The number of amides is 3. The Morgan fingerprint density at radius 2 is 1.69 bits per heavy atom. The van der Waals surface area contributed by atoms with Gasteiger partial charge in [0.15, 0.2) is 0 Å². The predicted molar refractivity (Wildman–Crippen MR) is 125 cm³/mol. The van der Waals surface area contributed by atoms with Crippen LogP contribution in [0.1, 0.15) is 59.4 Å². The van der Waals surface area contributed by atoms with Crippen molar-refractivity contribution < 1.29 is 19.6 Å². The molecule has 1 rings (SSSR count). The molecule has 4 N–H and O–H groups in total. The Hall–Kier alpha value is -2.71. The maximum Gasteiger partial charge on any atom is 0.268 e. The first-order valence-electron chi connectivity index (χ1n) is 11.1. The van der Waals surface area contributed by atoms with Crippen molar-refractivity contribution in [3.8, 4) is 0 Å². The first-order valence-corrected chi connectivity index (χ1v) is 11.1. The highest BCUT2D eigenvalue weighted by molar-refractivity contribution is 5.90. The van der Waals surface area contributed by atoms with Crippen LogP contribution in [-0.2, 0) is 14.4 Å². The van der Waals surface area contributed by atoms with E-state index in [1.807, 2.05) is 64.1 Å². The van der Waals surface area contributed by atoms with E-state index in [4.69, 9.17) is 5.73 Å². The van der Waals surface area contributed by atoms with Gasteiger partial charge in [0.05, 0.1) is 6.04 Å². The van der Waals surface area contributed by atoms with Gasteiger partial charge in [0.25, 0.3) is 11.8 Å². The van der Waals surface area contributed by atoms with Gasteiger partial charge in [0, 0.05) is 13.0 Å². The number of nitrogens with one attached hydrogen (secondary N) is 1. The molecular formula is C24H38N4O4. The summed E-state index contributed by atoms with van der Waals surface area (Å²) in [5.74, 6) is -1.30. The molecule has 8 nitrogen and oxygen atoms in total. The molecule has 0 spiro atoms. The second kappa shape index (κ2) is 13.6. The molecule has 1 aromatic carbocycles. The number of nitrogens with zero attached hydrogens (tertiary/aromatic N) is 2. The van der Waals surface area contributed by atoms with Crippen molar-refractivity contribution in [3.05, 3.63) is 42.0 Å². The Balaban J connectivity index is 3.36. The highest BCUT2D eigenvalue weighted by Crippen LogP contribution is 2.18. The number of nitrogens with two attached hydrogens (primary N) is 1. The number of rotatable bonds is 11. The van der Waals surface area contributed by atoms with Crippen molar-refractivity contribution in [1.82, 2.24) is 15.5 Å². The van der Waals surface area contributed by atoms with Crippen LogP contribution in [0.25, 0.3) is 6.08 Å². The fourth-order valence-electron chi connectivity index (χ4n) is 3.16. The minimum absolute atomic E-state index is 0.0239. The number of hydrogen-bond donors (Lipinski definition) is 3. The summed E-state index contributed by atoms with van der Waals surface area (Å²) in [5.41, 5.74) is 8.45.